The van der Waals surface area contributed by atoms with Crippen molar-refractivity contribution in [1.29, 1.82) is 0 Å². The van der Waals surface area contributed by atoms with Crippen LogP contribution in [0.2, 0.25) is 0 Å². The first-order valence-corrected chi connectivity index (χ1v) is 10.6. The normalized spacial score (nSPS) is 30.8. The van der Waals surface area contributed by atoms with Gasteiger partial charge in [0, 0.05) is 0 Å². The third kappa shape index (κ3) is 4.31. The fraction of sp³-hybridized carbons (Fsp3) is 0.600. The Balaban J connectivity index is 1.62. The van der Waals surface area contributed by atoms with Crippen LogP contribution < -0.4 is 0 Å². The average molecular weight is 353 g/mol. The van der Waals surface area contributed by atoms with Gasteiger partial charge in [-0.2, -0.15) is 0 Å². The molecule has 2 aliphatic carbocycles. The zero-order valence-electron chi connectivity index (χ0n) is 16.8. The lowest BCUT2D eigenvalue weighted by Crippen LogP contribution is -2.40. The van der Waals surface area contributed by atoms with Crippen LogP contribution >= 0.6 is 0 Å². The van der Waals surface area contributed by atoms with Gasteiger partial charge in [0.1, 0.15) is 0 Å². The molecule has 1 fully saturated rings. The van der Waals surface area contributed by atoms with E-state index in [0.717, 1.165) is 30.2 Å². The first-order valence-electron chi connectivity index (χ1n) is 10.6. The van der Waals surface area contributed by atoms with Crippen LogP contribution in [0.5, 0.6) is 0 Å². The minimum Gasteiger partial charge on any atom is -0.393 e. The van der Waals surface area contributed by atoms with E-state index >= 15 is 0 Å². The Labute approximate surface area is 160 Å². The highest BCUT2D eigenvalue weighted by atomic mass is 16.3. The molecule has 1 heteroatoms. The summed E-state index contributed by atoms with van der Waals surface area (Å²) in [5, 5.41) is 10.9. The Hall–Kier alpha value is -1.34. The van der Waals surface area contributed by atoms with Crippen molar-refractivity contribution in [1.82, 2.24) is 0 Å². The molecule has 0 aliphatic heterocycles. The second kappa shape index (κ2) is 8.57. The van der Waals surface area contributed by atoms with Crippen LogP contribution in [0, 0.1) is 29.6 Å². The van der Waals surface area contributed by atoms with Crippen LogP contribution in [-0.4, -0.2) is 11.2 Å². The van der Waals surface area contributed by atoms with E-state index in [4.69, 9.17) is 0 Å². The smallest absolute Gasteiger partial charge is 0.0571 e. The summed E-state index contributed by atoms with van der Waals surface area (Å²) >= 11 is 0. The van der Waals surface area contributed by atoms with Gasteiger partial charge in [-0.1, -0.05) is 68.8 Å². The van der Waals surface area contributed by atoms with Crippen molar-refractivity contribution in [3.05, 3.63) is 53.6 Å². The zero-order valence-corrected chi connectivity index (χ0v) is 16.8. The summed E-state index contributed by atoms with van der Waals surface area (Å²) < 4.78 is 0. The van der Waals surface area contributed by atoms with Gasteiger partial charge >= 0.3 is 0 Å². The summed E-state index contributed by atoms with van der Waals surface area (Å²) in [6.45, 7) is 10.8. The Morgan fingerprint density at radius 1 is 1.19 bits per heavy atom. The minimum absolute atomic E-state index is 0.205. The van der Waals surface area contributed by atoms with Crippen LogP contribution in [0.15, 0.2) is 42.5 Å². The van der Waals surface area contributed by atoms with E-state index in [1.807, 2.05) is 6.08 Å². The maximum absolute atomic E-state index is 10.9. The fourth-order valence-electron chi connectivity index (χ4n) is 5.39. The summed E-state index contributed by atoms with van der Waals surface area (Å²) in [6.07, 6.45) is 11.3. The molecule has 1 nitrogen and oxygen atoms in total. The van der Waals surface area contributed by atoms with Crippen molar-refractivity contribution in [3.63, 3.8) is 0 Å². The van der Waals surface area contributed by atoms with Crippen LogP contribution in [0.3, 0.4) is 0 Å². The van der Waals surface area contributed by atoms with Gasteiger partial charge in [0.05, 0.1) is 6.10 Å². The minimum atomic E-state index is -0.205. The molecular weight excluding hydrogens is 316 g/mol. The largest absolute Gasteiger partial charge is 0.393 e. The molecule has 0 saturated heterocycles. The van der Waals surface area contributed by atoms with Gasteiger partial charge in [0.15, 0.2) is 0 Å². The number of rotatable bonds is 6. The highest BCUT2D eigenvalue weighted by Gasteiger charge is 2.41. The van der Waals surface area contributed by atoms with E-state index in [9.17, 15) is 5.11 Å². The lowest BCUT2D eigenvalue weighted by molar-refractivity contribution is 0.0131. The van der Waals surface area contributed by atoms with Crippen molar-refractivity contribution in [2.75, 3.05) is 0 Å². The molecule has 0 spiro atoms. The summed E-state index contributed by atoms with van der Waals surface area (Å²) in [6, 6.07) is 8.56. The van der Waals surface area contributed by atoms with Crippen molar-refractivity contribution in [2.45, 2.75) is 65.4 Å². The van der Waals surface area contributed by atoms with E-state index in [1.54, 1.807) is 5.57 Å². The highest BCUT2D eigenvalue weighted by Crippen LogP contribution is 2.48. The summed E-state index contributed by atoms with van der Waals surface area (Å²) in [5.74, 6) is 3.38. The Morgan fingerprint density at radius 2 is 1.92 bits per heavy atom. The fourth-order valence-corrected chi connectivity index (χ4v) is 5.39. The zero-order chi connectivity index (χ0) is 18.7. The molecule has 1 aromatic carbocycles. The van der Waals surface area contributed by atoms with E-state index in [-0.39, 0.29) is 6.10 Å². The lowest BCUT2D eigenvalue weighted by Gasteiger charge is -2.46. The topological polar surface area (TPSA) is 20.2 Å². The molecule has 0 amide bonds. The van der Waals surface area contributed by atoms with Crippen molar-refractivity contribution in [3.8, 4) is 0 Å². The monoisotopic (exact) mass is 352 g/mol. The summed E-state index contributed by atoms with van der Waals surface area (Å²) in [5.41, 5.74) is 4.03. The number of aliphatic hydroxyl groups is 1. The molecule has 1 aromatic rings. The summed E-state index contributed by atoms with van der Waals surface area (Å²) in [7, 11) is 0. The average Bonchev–Trinajstić information content (AvgIpc) is 2.66. The molecule has 0 aromatic heterocycles. The quantitative estimate of drug-likeness (QED) is 0.598. The molecule has 1 N–H and O–H groups in total. The van der Waals surface area contributed by atoms with Crippen molar-refractivity contribution >= 4 is 6.08 Å². The van der Waals surface area contributed by atoms with E-state index in [2.05, 4.69) is 57.7 Å². The van der Waals surface area contributed by atoms with Crippen LogP contribution in [0.4, 0.5) is 0 Å². The number of aliphatic hydroxyl groups excluding tert-OH is 1. The molecule has 26 heavy (non-hydrogen) atoms. The second-order valence-electron chi connectivity index (χ2n) is 8.92. The molecular formula is C25H36O. The van der Waals surface area contributed by atoms with Crippen LogP contribution in [0.1, 0.15) is 64.0 Å². The standard InChI is InChI=1S/C25H36O/c1-5-20-8-10-21(11-9-20)12-15-25(26)19(4)23-14-7-18(3)22-13-6-17(2)16-24(22)23/h5,8-11,16,18-19,22-26H,1,6-7,12-15H2,2-4H3/t18-,19-,22+,23+,24+,25-/m1/s1. The molecule has 2 aliphatic rings. The third-order valence-electron chi connectivity index (χ3n) is 7.25. The van der Waals surface area contributed by atoms with E-state index in [0.29, 0.717) is 17.8 Å². The summed E-state index contributed by atoms with van der Waals surface area (Å²) in [4.78, 5) is 0. The number of hydrogen-bond donors (Lipinski definition) is 1. The number of aryl methyl sites for hydroxylation is 1. The van der Waals surface area contributed by atoms with Gasteiger partial charge in [-0.15, -0.1) is 0 Å². The van der Waals surface area contributed by atoms with Crippen molar-refractivity contribution in [2.24, 2.45) is 29.6 Å². The predicted molar refractivity (Wildman–Crippen MR) is 112 cm³/mol. The van der Waals surface area contributed by atoms with Gasteiger partial charge in [0.25, 0.3) is 0 Å². The van der Waals surface area contributed by atoms with E-state index in [1.165, 1.54) is 31.2 Å². The van der Waals surface area contributed by atoms with Gasteiger partial charge in [-0.25, -0.2) is 0 Å². The molecule has 0 bridgehead atoms. The predicted octanol–water partition coefficient (Wildman–Crippen LogP) is 6.28. The van der Waals surface area contributed by atoms with E-state index < -0.39 is 0 Å². The maximum atomic E-state index is 10.9. The van der Waals surface area contributed by atoms with Gasteiger partial charge in [0.2, 0.25) is 0 Å². The highest BCUT2D eigenvalue weighted by molar-refractivity contribution is 5.47. The molecule has 0 heterocycles. The number of fused-ring (bicyclic) bond motifs is 1. The number of hydrogen-bond acceptors (Lipinski definition) is 1. The van der Waals surface area contributed by atoms with Crippen LogP contribution in [-0.2, 0) is 6.42 Å². The second-order valence-corrected chi connectivity index (χ2v) is 8.92. The lowest BCUT2D eigenvalue weighted by atomic mass is 9.59. The van der Waals surface area contributed by atoms with Crippen molar-refractivity contribution < 1.29 is 5.11 Å². The SMILES string of the molecule is C=Cc1ccc(CC[C@@H](O)[C@H](C)[C@@H]2CC[C@@H](C)[C@@H]3CCC(C)=C[C@@H]32)cc1. The first-order chi connectivity index (χ1) is 12.5. The molecule has 0 radical (unpaired) electrons. The van der Waals surface area contributed by atoms with Gasteiger partial charge < -0.3 is 5.11 Å². The number of allylic oxidation sites excluding steroid dienone is 2. The maximum Gasteiger partial charge on any atom is 0.0571 e. The van der Waals surface area contributed by atoms with Gasteiger partial charge in [-0.05, 0) is 79.7 Å². The third-order valence-corrected chi connectivity index (χ3v) is 7.25. The Bertz CT molecular complexity index is 626. The molecule has 0 unspecified atom stereocenters. The molecule has 6 atom stereocenters. The first kappa shape index (κ1) is 19.4. The Morgan fingerprint density at radius 3 is 2.62 bits per heavy atom. The van der Waals surface area contributed by atoms with Crippen LogP contribution in [0.25, 0.3) is 6.08 Å². The molecule has 142 valence electrons. The van der Waals surface area contributed by atoms with Gasteiger partial charge in [-0.3, -0.25) is 0 Å². The Kier molecular flexibility index (Phi) is 6.40. The molecule has 3 rings (SSSR count). The number of benzene rings is 1. The molecule has 1 saturated carbocycles.